The molecule has 0 saturated carbocycles. The minimum absolute atomic E-state index is 0.105. The summed E-state index contributed by atoms with van der Waals surface area (Å²) in [6, 6.07) is 10.2. The fourth-order valence-electron chi connectivity index (χ4n) is 2.60. The van der Waals surface area contributed by atoms with Crippen molar-refractivity contribution in [2.75, 3.05) is 26.7 Å². The lowest BCUT2D eigenvalue weighted by Gasteiger charge is -2.39. The van der Waals surface area contributed by atoms with E-state index in [-0.39, 0.29) is 12.1 Å². The average molecular weight is 364 g/mol. The molecule has 2 amide bonds. The van der Waals surface area contributed by atoms with Crippen molar-refractivity contribution in [2.45, 2.75) is 52.4 Å². The second-order valence-corrected chi connectivity index (χ2v) is 7.25. The van der Waals surface area contributed by atoms with Crippen LogP contribution in [0.2, 0.25) is 0 Å². The van der Waals surface area contributed by atoms with Crippen LogP contribution >= 0.6 is 0 Å². The van der Waals surface area contributed by atoms with Gasteiger partial charge in [0, 0.05) is 32.8 Å². The number of rotatable bonds is 4. The standard InChI is InChI=1S/C12H22N2O3.C8H10O/c1-5-10-8-13(6-7-14(10)9-15)11(16)17-12(2,3)4;1-9-7-8-5-3-2-4-6-8/h9-10H,5-8H2,1-4H3;2-6H,7H2,1H3. The maximum Gasteiger partial charge on any atom is 0.410 e. The van der Waals surface area contributed by atoms with E-state index in [1.807, 2.05) is 58.0 Å². The number of methoxy groups -OCH3 is 1. The number of carbonyl (C=O) groups is 2. The number of carbonyl (C=O) groups excluding carboxylic acids is 2. The highest BCUT2D eigenvalue weighted by Crippen LogP contribution is 2.15. The van der Waals surface area contributed by atoms with Crippen molar-refractivity contribution in [2.24, 2.45) is 0 Å². The zero-order valence-electron chi connectivity index (χ0n) is 16.6. The molecule has 1 fully saturated rings. The monoisotopic (exact) mass is 364 g/mol. The highest BCUT2D eigenvalue weighted by atomic mass is 16.6. The van der Waals surface area contributed by atoms with Gasteiger partial charge < -0.3 is 19.3 Å². The summed E-state index contributed by atoms with van der Waals surface area (Å²) in [7, 11) is 1.70. The Balaban J connectivity index is 0.000000314. The smallest absolute Gasteiger partial charge is 0.410 e. The average Bonchev–Trinajstić information content (AvgIpc) is 2.61. The van der Waals surface area contributed by atoms with Crippen molar-refractivity contribution in [3.05, 3.63) is 35.9 Å². The highest BCUT2D eigenvalue weighted by molar-refractivity contribution is 5.68. The molecule has 0 N–H and O–H groups in total. The number of benzene rings is 1. The second-order valence-electron chi connectivity index (χ2n) is 7.25. The molecular formula is C20H32N2O4. The maximum absolute atomic E-state index is 11.9. The first-order chi connectivity index (χ1) is 12.3. The Morgan fingerprint density at radius 3 is 2.38 bits per heavy atom. The number of hydrogen-bond acceptors (Lipinski definition) is 4. The summed E-state index contributed by atoms with van der Waals surface area (Å²) in [5.74, 6) is 0. The van der Waals surface area contributed by atoms with Crippen LogP contribution < -0.4 is 0 Å². The van der Waals surface area contributed by atoms with E-state index in [1.165, 1.54) is 5.56 Å². The summed E-state index contributed by atoms with van der Waals surface area (Å²) in [5.41, 5.74) is 0.751. The minimum atomic E-state index is -0.472. The van der Waals surface area contributed by atoms with Gasteiger partial charge in [-0.15, -0.1) is 0 Å². The molecule has 1 aliphatic heterocycles. The molecule has 6 heteroatoms. The Bertz CT molecular complexity index is 542. The molecule has 1 saturated heterocycles. The van der Waals surface area contributed by atoms with Crippen molar-refractivity contribution in [1.29, 1.82) is 0 Å². The number of hydrogen-bond donors (Lipinski definition) is 0. The van der Waals surface area contributed by atoms with Gasteiger partial charge in [-0.1, -0.05) is 37.3 Å². The van der Waals surface area contributed by atoms with Gasteiger partial charge in [0.1, 0.15) is 5.60 Å². The van der Waals surface area contributed by atoms with E-state index in [2.05, 4.69) is 0 Å². The summed E-state index contributed by atoms with van der Waals surface area (Å²) in [5, 5.41) is 0. The third kappa shape index (κ3) is 7.87. The molecule has 6 nitrogen and oxygen atoms in total. The first kappa shape index (κ1) is 22.0. The Hall–Kier alpha value is -2.08. The van der Waals surface area contributed by atoms with Gasteiger partial charge in [0.2, 0.25) is 6.41 Å². The van der Waals surface area contributed by atoms with Crippen LogP contribution in [0.3, 0.4) is 0 Å². The van der Waals surface area contributed by atoms with Gasteiger partial charge in [-0.05, 0) is 32.8 Å². The number of piperazine rings is 1. The van der Waals surface area contributed by atoms with E-state index in [0.717, 1.165) is 12.8 Å². The van der Waals surface area contributed by atoms with Crippen molar-refractivity contribution < 1.29 is 19.1 Å². The lowest BCUT2D eigenvalue weighted by molar-refractivity contribution is -0.122. The summed E-state index contributed by atoms with van der Waals surface area (Å²) in [6.45, 7) is 9.97. The van der Waals surface area contributed by atoms with E-state index in [0.29, 0.717) is 26.2 Å². The van der Waals surface area contributed by atoms with Gasteiger partial charge in [0.15, 0.2) is 0 Å². The van der Waals surface area contributed by atoms with Crippen LogP contribution in [0.4, 0.5) is 4.79 Å². The van der Waals surface area contributed by atoms with Crippen LogP contribution in [0.1, 0.15) is 39.7 Å². The second kappa shape index (κ2) is 10.8. The van der Waals surface area contributed by atoms with Crippen molar-refractivity contribution in [3.8, 4) is 0 Å². The van der Waals surface area contributed by atoms with Crippen LogP contribution in [0.5, 0.6) is 0 Å². The molecule has 0 aliphatic carbocycles. The SMILES string of the molecule is CCC1CN(C(=O)OC(C)(C)C)CCN1C=O.COCc1ccccc1. The lowest BCUT2D eigenvalue weighted by atomic mass is 10.1. The summed E-state index contributed by atoms with van der Waals surface area (Å²) < 4.78 is 10.2. The maximum atomic E-state index is 11.9. The van der Waals surface area contributed by atoms with E-state index >= 15 is 0 Å². The van der Waals surface area contributed by atoms with Crippen LogP contribution in [0.25, 0.3) is 0 Å². The molecule has 1 aromatic rings. The fourth-order valence-corrected chi connectivity index (χ4v) is 2.60. The van der Waals surface area contributed by atoms with Gasteiger partial charge in [-0.3, -0.25) is 4.79 Å². The molecule has 0 radical (unpaired) electrons. The predicted molar refractivity (Wildman–Crippen MR) is 102 cm³/mol. The third-order valence-electron chi connectivity index (χ3n) is 3.94. The summed E-state index contributed by atoms with van der Waals surface area (Å²) in [4.78, 5) is 26.1. The van der Waals surface area contributed by atoms with E-state index in [1.54, 1.807) is 16.9 Å². The summed E-state index contributed by atoms with van der Waals surface area (Å²) >= 11 is 0. The van der Waals surface area contributed by atoms with Crippen LogP contribution in [0, 0.1) is 0 Å². The van der Waals surface area contributed by atoms with Crippen molar-refractivity contribution >= 4 is 12.5 Å². The molecule has 0 aromatic heterocycles. The van der Waals surface area contributed by atoms with Crippen molar-refractivity contribution in [3.63, 3.8) is 0 Å². The van der Waals surface area contributed by atoms with Crippen LogP contribution in [0.15, 0.2) is 30.3 Å². The molecule has 0 spiro atoms. The third-order valence-corrected chi connectivity index (χ3v) is 3.94. The molecule has 1 unspecified atom stereocenters. The highest BCUT2D eigenvalue weighted by Gasteiger charge is 2.30. The van der Waals surface area contributed by atoms with E-state index in [4.69, 9.17) is 9.47 Å². The predicted octanol–water partition coefficient (Wildman–Crippen LogP) is 3.31. The van der Waals surface area contributed by atoms with Gasteiger partial charge in [-0.2, -0.15) is 0 Å². The first-order valence-electron chi connectivity index (χ1n) is 9.02. The first-order valence-corrected chi connectivity index (χ1v) is 9.02. The fraction of sp³-hybridized carbons (Fsp3) is 0.600. The van der Waals surface area contributed by atoms with Gasteiger partial charge in [-0.25, -0.2) is 4.79 Å². The molecule has 146 valence electrons. The zero-order chi connectivity index (χ0) is 19.6. The normalized spacial score (nSPS) is 17.2. The molecular weight excluding hydrogens is 332 g/mol. The summed E-state index contributed by atoms with van der Waals surface area (Å²) in [6.07, 6.45) is 1.42. The molecule has 1 atom stereocenters. The zero-order valence-corrected chi connectivity index (χ0v) is 16.6. The van der Waals surface area contributed by atoms with Gasteiger partial charge >= 0.3 is 6.09 Å². The Morgan fingerprint density at radius 2 is 1.88 bits per heavy atom. The lowest BCUT2D eigenvalue weighted by Crippen LogP contribution is -2.54. The van der Waals surface area contributed by atoms with Crippen LogP contribution in [-0.2, 0) is 20.9 Å². The number of nitrogens with zero attached hydrogens (tertiary/aromatic N) is 2. The van der Waals surface area contributed by atoms with Gasteiger partial charge in [0.05, 0.1) is 6.61 Å². The van der Waals surface area contributed by atoms with E-state index in [9.17, 15) is 9.59 Å². The number of amides is 2. The topological polar surface area (TPSA) is 59.1 Å². The molecule has 1 aromatic carbocycles. The Morgan fingerprint density at radius 1 is 1.23 bits per heavy atom. The molecule has 1 aliphatic rings. The Labute approximate surface area is 157 Å². The minimum Gasteiger partial charge on any atom is -0.444 e. The molecule has 2 rings (SSSR count). The largest absolute Gasteiger partial charge is 0.444 e. The molecule has 26 heavy (non-hydrogen) atoms. The number of ether oxygens (including phenoxy) is 2. The van der Waals surface area contributed by atoms with Crippen molar-refractivity contribution in [1.82, 2.24) is 9.80 Å². The quantitative estimate of drug-likeness (QED) is 0.769. The molecule has 1 heterocycles. The molecule has 0 bridgehead atoms. The van der Waals surface area contributed by atoms with Gasteiger partial charge in [0.25, 0.3) is 0 Å². The van der Waals surface area contributed by atoms with Crippen LogP contribution in [-0.4, -0.2) is 60.7 Å². The van der Waals surface area contributed by atoms with E-state index < -0.39 is 5.60 Å². The Kier molecular flexibility index (Phi) is 9.13.